The van der Waals surface area contributed by atoms with Crippen LogP contribution in [0.15, 0.2) is 24.3 Å². The molecule has 0 saturated carbocycles. The minimum atomic E-state index is -0.129. The SMILES string of the molecule is O=C1c2ccccc2[C@@H]2OCCCCN12. The molecular weight excluding hydrogens is 190 g/mol. The van der Waals surface area contributed by atoms with Crippen molar-refractivity contribution in [2.24, 2.45) is 0 Å². The van der Waals surface area contributed by atoms with Crippen LogP contribution in [0.3, 0.4) is 0 Å². The molecule has 1 aromatic rings. The Balaban J connectivity index is 2.06. The molecule has 1 fully saturated rings. The molecule has 0 bridgehead atoms. The van der Waals surface area contributed by atoms with Crippen LogP contribution in [0.1, 0.15) is 35.0 Å². The van der Waals surface area contributed by atoms with Crippen molar-refractivity contribution < 1.29 is 9.53 Å². The van der Waals surface area contributed by atoms with Crippen LogP contribution in [0.5, 0.6) is 0 Å². The molecule has 0 unspecified atom stereocenters. The molecule has 2 heterocycles. The van der Waals surface area contributed by atoms with Gasteiger partial charge < -0.3 is 9.64 Å². The van der Waals surface area contributed by atoms with Gasteiger partial charge in [-0.05, 0) is 18.9 Å². The lowest BCUT2D eigenvalue weighted by molar-refractivity contribution is -0.0239. The van der Waals surface area contributed by atoms with Gasteiger partial charge in [-0.2, -0.15) is 0 Å². The van der Waals surface area contributed by atoms with Gasteiger partial charge in [0.25, 0.3) is 5.91 Å². The number of hydrogen-bond donors (Lipinski definition) is 0. The molecule has 3 rings (SSSR count). The highest BCUT2D eigenvalue weighted by Crippen LogP contribution is 2.35. The topological polar surface area (TPSA) is 29.5 Å². The molecule has 15 heavy (non-hydrogen) atoms. The van der Waals surface area contributed by atoms with Gasteiger partial charge in [0, 0.05) is 24.3 Å². The smallest absolute Gasteiger partial charge is 0.256 e. The second kappa shape index (κ2) is 3.35. The lowest BCUT2D eigenvalue weighted by Crippen LogP contribution is -2.28. The predicted octanol–water partition coefficient (Wildman–Crippen LogP) is 1.95. The lowest BCUT2D eigenvalue weighted by atomic mass is 10.1. The van der Waals surface area contributed by atoms with Crippen molar-refractivity contribution in [3.8, 4) is 0 Å². The van der Waals surface area contributed by atoms with Crippen molar-refractivity contribution in [2.75, 3.05) is 13.2 Å². The number of benzene rings is 1. The van der Waals surface area contributed by atoms with Gasteiger partial charge in [0.05, 0.1) is 0 Å². The lowest BCUT2D eigenvalue weighted by Gasteiger charge is -2.21. The Labute approximate surface area is 88.6 Å². The van der Waals surface area contributed by atoms with E-state index in [-0.39, 0.29) is 12.1 Å². The molecule has 0 N–H and O–H groups in total. The first kappa shape index (κ1) is 8.92. The van der Waals surface area contributed by atoms with E-state index in [9.17, 15) is 4.79 Å². The van der Waals surface area contributed by atoms with E-state index in [1.165, 1.54) is 0 Å². The minimum absolute atomic E-state index is 0.123. The van der Waals surface area contributed by atoms with Gasteiger partial charge in [0.15, 0.2) is 6.23 Å². The zero-order chi connectivity index (χ0) is 10.3. The van der Waals surface area contributed by atoms with Crippen LogP contribution in [0, 0.1) is 0 Å². The number of carbonyl (C=O) groups excluding carboxylic acids is 1. The molecule has 1 aromatic carbocycles. The van der Waals surface area contributed by atoms with Gasteiger partial charge in [-0.3, -0.25) is 4.79 Å². The van der Waals surface area contributed by atoms with E-state index in [4.69, 9.17) is 4.74 Å². The minimum Gasteiger partial charge on any atom is -0.354 e. The zero-order valence-electron chi connectivity index (χ0n) is 8.48. The number of amides is 1. The summed E-state index contributed by atoms with van der Waals surface area (Å²) in [4.78, 5) is 13.9. The normalized spacial score (nSPS) is 24.7. The fourth-order valence-electron chi connectivity index (χ4n) is 2.31. The molecule has 0 aromatic heterocycles. The van der Waals surface area contributed by atoms with Crippen LogP contribution >= 0.6 is 0 Å². The average molecular weight is 203 g/mol. The highest BCUT2D eigenvalue weighted by Gasteiger charge is 2.37. The van der Waals surface area contributed by atoms with Gasteiger partial charge in [-0.25, -0.2) is 0 Å². The number of rotatable bonds is 0. The third kappa shape index (κ3) is 1.27. The molecule has 0 radical (unpaired) electrons. The number of carbonyl (C=O) groups is 1. The van der Waals surface area contributed by atoms with Crippen molar-refractivity contribution >= 4 is 5.91 Å². The Kier molecular flexibility index (Phi) is 1.99. The summed E-state index contributed by atoms with van der Waals surface area (Å²) in [7, 11) is 0. The van der Waals surface area contributed by atoms with E-state index in [1.807, 2.05) is 29.2 Å². The average Bonchev–Trinajstić information content (AvgIpc) is 2.48. The van der Waals surface area contributed by atoms with Gasteiger partial charge in [-0.15, -0.1) is 0 Å². The first-order chi connectivity index (χ1) is 7.38. The summed E-state index contributed by atoms with van der Waals surface area (Å²) in [6.07, 6.45) is 1.95. The van der Waals surface area contributed by atoms with E-state index in [0.717, 1.165) is 37.1 Å². The highest BCUT2D eigenvalue weighted by molar-refractivity contribution is 5.98. The number of ether oxygens (including phenoxy) is 1. The Bertz CT molecular complexity index is 402. The van der Waals surface area contributed by atoms with Gasteiger partial charge in [0.2, 0.25) is 0 Å². The number of fused-ring (bicyclic) bond motifs is 3. The van der Waals surface area contributed by atoms with Crippen molar-refractivity contribution in [1.29, 1.82) is 0 Å². The molecule has 78 valence electrons. The largest absolute Gasteiger partial charge is 0.354 e. The van der Waals surface area contributed by atoms with Crippen LogP contribution in [0.25, 0.3) is 0 Å². The maximum atomic E-state index is 12.0. The Morgan fingerprint density at radius 1 is 1.27 bits per heavy atom. The van der Waals surface area contributed by atoms with Crippen LogP contribution in [0.2, 0.25) is 0 Å². The fourth-order valence-corrected chi connectivity index (χ4v) is 2.31. The molecule has 3 nitrogen and oxygen atoms in total. The fraction of sp³-hybridized carbons (Fsp3) is 0.417. The van der Waals surface area contributed by atoms with E-state index < -0.39 is 0 Å². The van der Waals surface area contributed by atoms with Crippen molar-refractivity contribution in [1.82, 2.24) is 4.90 Å². The zero-order valence-corrected chi connectivity index (χ0v) is 8.48. The van der Waals surface area contributed by atoms with Crippen molar-refractivity contribution in [3.63, 3.8) is 0 Å². The van der Waals surface area contributed by atoms with Crippen LogP contribution < -0.4 is 0 Å². The molecule has 2 aliphatic heterocycles. The summed E-state index contributed by atoms with van der Waals surface area (Å²) in [5, 5.41) is 0. The molecule has 1 atom stereocenters. The molecule has 1 saturated heterocycles. The highest BCUT2D eigenvalue weighted by atomic mass is 16.5. The Hall–Kier alpha value is -1.35. The second-order valence-corrected chi connectivity index (χ2v) is 4.02. The molecule has 3 heteroatoms. The Morgan fingerprint density at radius 3 is 3.07 bits per heavy atom. The van der Waals surface area contributed by atoms with Crippen molar-refractivity contribution in [3.05, 3.63) is 35.4 Å². The van der Waals surface area contributed by atoms with E-state index in [2.05, 4.69) is 0 Å². The molecule has 2 aliphatic rings. The van der Waals surface area contributed by atoms with Crippen LogP contribution in [-0.4, -0.2) is 24.0 Å². The summed E-state index contributed by atoms with van der Waals surface area (Å²) < 4.78 is 5.73. The maximum Gasteiger partial charge on any atom is 0.256 e. The molecular formula is C12H13NO2. The summed E-state index contributed by atoms with van der Waals surface area (Å²) >= 11 is 0. The molecule has 0 spiro atoms. The van der Waals surface area contributed by atoms with Crippen molar-refractivity contribution in [2.45, 2.75) is 19.1 Å². The standard InChI is InChI=1S/C12H13NO2/c14-11-9-5-1-2-6-10(9)12-13(11)7-3-4-8-15-12/h1-2,5-6,12H,3-4,7-8H2/t12-/m0/s1. The first-order valence-electron chi connectivity index (χ1n) is 5.39. The third-order valence-corrected chi connectivity index (χ3v) is 3.07. The van der Waals surface area contributed by atoms with E-state index in [1.54, 1.807) is 0 Å². The van der Waals surface area contributed by atoms with E-state index >= 15 is 0 Å². The summed E-state index contributed by atoms with van der Waals surface area (Å²) in [6, 6.07) is 7.74. The number of nitrogens with zero attached hydrogens (tertiary/aromatic N) is 1. The second-order valence-electron chi connectivity index (χ2n) is 4.02. The third-order valence-electron chi connectivity index (χ3n) is 3.07. The van der Waals surface area contributed by atoms with Gasteiger partial charge in [0.1, 0.15) is 0 Å². The van der Waals surface area contributed by atoms with Gasteiger partial charge >= 0.3 is 0 Å². The maximum absolute atomic E-state index is 12.0. The predicted molar refractivity (Wildman–Crippen MR) is 55.4 cm³/mol. The quantitative estimate of drug-likeness (QED) is 0.645. The summed E-state index contributed by atoms with van der Waals surface area (Å²) in [6.45, 7) is 1.57. The van der Waals surface area contributed by atoms with Crippen LogP contribution in [0.4, 0.5) is 0 Å². The number of hydrogen-bond acceptors (Lipinski definition) is 2. The van der Waals surface area contributed by atoms with Gasteiger partial charge in [-0.1, -0.05) is 18.2 Å². The summed E-state index contributed by atoms with van der Waals surface area (Å²) in [5.74, 6) is 0.123. The molecule has 1 amide bonds. The monoisotopic (exact) mass is 203 g/mol. The first-order valence-corrected chi connectivity index (χ1v) is 5.39. The summed E-state index contributed by atoms with van der Waals surface area (Å²) in [5.41, 5.74) is 1.84. The van der Waals surface area contributed by atoms with Crippen LogP contribution in [-0.2, 0) is 4.74 Å². The Morgan fingerprint density at radius 2 is 2.13 bits per heavy atom. The molecule has 0 aliphatic carbocycles. The van der Waals surface area contributed by atoms with E-state index in [0.29, 0.717) is 0 Å².